The predicted octanol–water partition coefficient (Wildman–Crippen LogP) is 1.22. The van der Waals surface area contributed by atoms with E-state index in [1.807, 2.05) is 0 Å². The van der Waals surface area contributed by atoms with Crippen molar-refractivity contribution in [1.82, 2.24) is 9.62 Å². The highest BCUT2D eigenvalue weighted by atomic mass is 35.5. The van der Waals surface area contributed by atoms with Gasteiger partial charge in [-0.15, -0.1) is 12.4 Å². The van der Waals surface area contributed by atoms with Crippen LogP contribution in [-0.2, 0) is 10.0 Å². The molecule has 142 valence electrons. The number of rotatable bonds is 5. The molecule has 1 heterocycles. The zero-order chi connectivity index (χ0) is 17.9. The van der Waals surface area contributed by atoms with Crippen molar-refractivity contribution in [3.05, 3.63) is 23.8 Å². The average Bonchev–Trinajstić information content (AvgIpc) is 2.60. The maximum Gasteiger partial charge on any atom is 0.254 e. The number of hydrogen-bond acceptors (Lipinski definition) is 5. The summed E-state index contributed by atoms with van der Waals surface area (Å²) >= 11 is 0. The third-order valence-electron chi connectivity index (χ3n) is 4.48. The van der Waals surface area contributed by atoms with Gasteiger partial charge in [0.05, 0.1) is 7.11 Å². The van der Waals surface area contributed by atoms with E-state index in [9.17, 15) is 13.2 Å². The SMILES string of the molecule is CNS(=O)(=O)c1cc(C(=O)N2CCC(C)CC2CN)ccc1OC.Cl. The second kappa shape index (κ2) is 8.84. The fourth-order valence-electron chi connectivity index (χ4n) is 3.04. The quantitative estimate of drug-likeness (QED) is 0.785. The molecule has 2 unspecified atom stereocenters. The first-order chi connectivity index (χ1) is 11.3. The van der Waals surface area contributed by atoms with Crippen molar-refractivity contribution in [2.75, 3.05) is 27.2 Å². The maximum absolute atomic E-state index is 12.9. The summed E-state index contributed by atoms with van der Waals surface area (Å²) in [5.41, 5.74) is 6.14. The highest BCUT2D eigenvalue weighted by Gasteiger charge is 2.30. The van der Waals surface area contributed by atoms with Gasteiger partial charge in [-0.3, -0.25) is 4.79 Å². The molecule has 2 atom stereocenters. The average molecular weight is 392 g/mol. The lowest BCUT2D eigenvalue weighted by Crippen LogP contribution is -2.49. The Balaban J connectivity index is 0.00000312. The van der Waals surface area contributed by atoms with E-state index in [-0.39, 0.29) is 35.0 Å². The first-order valence-electron chi connectivity index (χ1n) is 7.96. The van der Waals surface area contributed by atoms with E-state index in [1.54, 1.807) is 11.0 Å². The summed E-state index contributed by atoms with van der Waals surface area (Å²) in [6, 6.07) is 4.43. The molecule has 7 nitrogen and oxygen atoms in total. The molecular weight excluding hydrogens is 366 g/mol. The zero-order valence-electron chi connectivity index (χ0n) is 14.7. The number of hydrogen-bond donors (Lipinski definition) is 2. The molecule has 1 aliphatic heterocycles. The minimum Gasteiger partial charge on any atom is -0.495 e. The molecule has 1 fully saturated rings. The van der Waals surface area contributed by atoms with Crippen molar-refractivity contribution in [1.29, 1.82) is 0 Å². The van der Waals surface area contributed by atoms with Crippen molar-refractivity contribution >= 4 is 28.3 Å². The molecule has 9 heteroatoms. The number of carbonyl (C=O) groups excluding carboxylic acids is 1. The molecular formula is C16H26ClN3O4S. The minimum atomic E-state index is -3.73. The molecule has 1 aromatic carbocycles. The Kier molecular flexibility index (Phi) is 7.67. The van der Waals surface area contributed by atoms with Gasteiger partial charge in [0.1, 0.15) is 10.6 Å². The molecule has 0 aliphatic carbocycles. The number of likely N-dealkylation sites (tertiary alicyclic amines) is 1. The summed E-state index contributed by atoms with van der Waals surface area (Å²) in [5, 5.41) is 0. The Hall–Kier alpha value is -1.35. The van der Waals surface area contributed by atoms with Crippen LogP contribution in [0.4, 0.5) is 0 Å². The number of amides is 1. The van der Waals surface area contributed by atoms with Crippen molar-refractivity contribution in [3.8, 4) is 5.75 Å². The molecule has 2 rings (SSSR count). The normalized spacial score (nSPS) is 20.7. The van der Waals surface area contributed by atoms with Crippen molar-refractivity contribution < 1.29 is 17.9 Å². The second-order valence-corrected chi connectivity index (χ2v) is 7.95. The van der Waals surface area contributed by atoms with Crippen LogP contribution in [0.3, 0.4) is 0 Å². The number of piperidine rings is 1. The van der Waals surface area contributed by atoms with Crippen LogP contribution in [-0.4, -0.2) is 52.5 Å². The number of nitrogens with zero attached hydrogens (tertiary/aromatic N) is 1. The highest BCUT2D eigenvalue weighted by molar-refractivity contribution is 7.89. The topological polar surface area (TPSA) is 102 Å². The van der Waals surface area contributed by atoms with Crippen LogP contribution in [0.15, 0.2) is 23.1 Å². The molecule has 1 aromatic rings. The molecule has 1 aliphatic rings. The molecule has 3 N–H and O–H groups in total. The minimum absolute atomic E-state index is 0. The number of nitrogens with one attached hydrogen (secondary N) is 1. The van der Waals surface area contributed by atoms with Gasteiger partial charge in [-0.1, -0.05) is 6.92 Å². The lowest BCUT2D eigenvalue weighted by molar-refractivity contribution is 0.0573. The highest BCUT2D eigenvalue weighted by Crippen LogP contribution is 2.28. The molecule has 0 saturated carbocycles. The number of carbonyl (C=O) groups is 1. The van der Waals surface area contributed by atoms with E-state index >= 15 is 0 Å². The Morgan fingerprint density at radius 2 is 2.12 bits per heavy atom. The molecule has 0 aromatic heterocycles. The van der Waals surface area contributed by atoms with Gasteiger partial charge in [0.25, 0.3) is 5.91 Å². The molecule has 25 heavy (non-hydrogen) atoms. The first-order valence-corrected chi connectivity index (χ1v) is 9.45. The standard InChI is InChI=1S/C16H25N3O4S.ClH/c1-11-6-7-19(13(8-11)10-17)16(20)12-4-5-14(23-3)15(9-12)24(21,22)18-2;/h4-5,9,11,13,18H,6-8,10,17H2,1-3H3;1H. The number of ether oxygens (including phenoxy) is 1. The number of nitrogens with two attached hydrogens (primary N) is 1. The molecule has 1 amide bonds. The van der Waals surface area contributed by atoms with Gasteiger partial charge in [0, 0.05) is 24.7 Å². The Labute approximate surface area is 155 Å². The first kappa shape index (κ1) is 21.7. The monoisotopic (exact) mass is 391 g/mol. The van der Waals surface area contributed by atoms with Gasteiger partial charge in [-0.2, -0.15) is 0 Å². The number of sulfonamides is 1. The summed E-state index contributed by atoms with van der Waals surface area (Å²) in [6.07, 6.45) is 1.78. The van der Waals surface area contributed by atoms with E-state index in [0.29, 0.717) is 24.6 Å². The third kappa shape index (κ3) is 4.63. The lowest BCUT2D eigenvalue weighted by atomic mass is 9.92. The largest absolute Gasteiger partial charge is 0.495 e. The van der Waals surface area contributed by atoms with Gasteiger partial charge >= 0.3 is 0 Å². The Bertz CT molecular complexity index is 711. The van der Waals surface area contributed by atoms with Crippen molar-refractivity contribution in [2.45, 2.75) is 30.7 Å². The van der Waals surface area contributed by atoms with Crippen LogP contribution in [0, 0.1) is 5.92 Å². The van der Waals surface area contributed by atoms with Crippen molar-refractivity contribution in [2.24, 2.45) is 11.7 Å². The summed E-state index contributed by atoms with van der Waals surface area (Å²) < 4.78 is 31.7. The van der Waals surface area contributed by atoms with Crippen LogP contribution in [0.5, 0.6) is 5.75 Å². The second-order valence-electron chi connectivity index (χ2n) is 6.09. The summed E-state index contributed by atoms with van der Waals surface area (Å²) in [7, 11) is -1.02. The van der Waals surface area contributed by atoms with E-state index in [0.717, 1.165) is 12.8 Å². The van der Waals surface area contributed by atoms with E-state index in [1.165, 1.54) is 26.3 Å². The zero-order valence-corrected chi connectivity index (χ0v) is 16.3. The Morgan fingerprint density at radius 1 is 1.44 bits per heavy atom. The van der Waals surface area contributed by atoms with Crippen LogP contribution in [0.25, 0.3) is 0 Å². The summed E-state index contributed by atoms with van der Waals surface area (Å²) in [4.78, 5) is 14.6. The van der Waals surface area contributed by atoms with Crippen LogP contribution < -0.4 is 15.2 Å². The predicted molar refractivity (Wildman–Crippen MR) is 98.8 cm³/mol. The number of benzene rings is 1. The van der Waals surface area contributed by atoms with Crippen LogP contribution >= 0.6 is 12.4 Å². The van der Waals surface area contributed by atoms with E-state index in [2.05, 4.69) is 11.6 Å². The molecule has 0 bridgehead atoms. The summed E-state index contributed by atoms with van der Waals surface area (Å²) in [5.74, 6) is 0.523. The van der Waals surface area contributed by atoms with Gasteiger partial charge < -0.3 is 15.4 Å². The third-order valence-corrected chi connectivity index (χ3v) is 5.92. The molecule has 0 radical (unpaired) electrons. The summed E-state index contributed by atoms with van der Waals surface area (Å²) in [6.45, 7) is 3.17. The van der Waals surface area contributed by atoms with Gasteiger partial charge in [-0.05, 0) is 44.0 Å². The number of halogens is 1. The fraction of sp³-hybridized carbons (Fsp3) is 0.562. The van der Waals surface area contributed by atoms with Crippen molar-refractivity contribution in [3.63, 3.8) is 0 Å². The van der Waals surface area contributed by atoms with Crippen LogP contribution in [0.2, 0.25) is 0 Å². The van der Waals surface area contributed by atoms with E-state index < -0.39 is 10.0 Å². The lowest BCUT2D eigenvalue weighted by Gasteiger charge is -2.38. The maximum atomic E-state index is 12.9. The Morgan fingerprint density at radius 3 is 2.68 bits per heavy atom. The van der Waals surface area contributed by atoms with Crippen LogP contribution in [0.1, 0.15) is 30.1 Å². The van der Waals surface area contributed by atoms with Gasteiger partial charge in [-0.25, -0.2) is 13.1 Å². The molecule has 1 saturated heterocycles. The fourth-order valence-corrected chi connectivity index (χ4v) is 3.96. The van der Waals surface area contributed by atoms with Gasteiger partial charge in [0.15, 0.2) is 0 Å². The van der Waals surface area contributed by atoms with Gasteiger partial charge in [0.2, 0.25) is 10.0 Å². The smallest absolute Gasteiger partial charge is 0.254 e. The van der Waals surface area contributed by atoms with E-state index in [4.69, 9.17) is 10.5 Å². The molecule has 0 spiro atoms. The number of methoxy groups -OCH3 is 1.